The SMILES string of the molecule is N#Cc1ccc(S(=O)(=O)N(C2CC2)C2CCNC2)c(Cl)c1. The Morgan fingerprint density at radius 2 is 2.05 bits per heavy atom. The van der Waals surface area contributed by atoms with E-state index >= 15 is 0 Å². The lowest BCUT2D eigenvalue weighted by Crippen LogP contribution is -2.43. The quantitative estimate of drug-likeness (QED) is 0.915. The van der Waals surface area contributed by atoms with E-state index in [0.29, 0.717) is 12.1 Å². The monoisotopic (exact) mass is 325 g/mol. The largest absolute Gasteiger partial charge is 0.315 e. The van der Waals surface area contributed by atoms with Crippen molar-refractivity contribution in [2.24, 2.45) is 0 Å². The number of halogens is 1. The van der Waals surface area contributed by atoms with Gasteiger partial charge in [-0.15, -0.1) is 0 Å². The lowest BCUT2D eigenvalue weighted by Gasteiger charge is -2.28. The molecule has 3 rings (SSSR count). The minimum Gasteiger partial charge on any atom is -0.315 e. The van der Waals surface area contributed by atoms with E-state index in [4.69, 9.17) is 16.9 Å². The Morgan fingerprint density at radius 1 is 1.29 bits per heavy atom. The Kier molecular flexibility index (Phi) is 3.93. The fourth-order valence-corrected chi connectivity index (χ4v) is 5.19. The zero-order valence-electron chi connectivity index (χ0n) is 11.4. The van der Waals surface area contributed by atoms with E-state index in [9.17, 15) is 8.42 Å². The zero-order valence-corrected chi connectivity index (χ0v) is 13.0. The van der Waals surface area contributed by atoms with E-state index in [2.05, 4.69) is 5.32 Å². The van der Waals surface area contributed by atoms with Gasteiger partial charge in [0.15, 0.2) is 0 Å². The summed E-state index contributed by atoms with van der Waals surface area (Å²) in [5.41, 5.74) is 0.361. The molecule has 1 heterocycles. The fourth-order valence-electron chi connectivity index (χ4n) is 2.77. The molecule has 1 N–H and O–H groups in total. The van der Waals surface area contributed by atoms with Crippen LogP contribution in [0.5, 0.6) is 0 Å². The standard InChI is InChI=1S/C14H16ClN3O2S/c15-13-7-10(8-16)1-4-14(13)21(19,20)18(11-2-3-11)12-5-6-17-9-12/h1,4,7,11-12,17H,2-3,5-6,9H2. The van der Waals surface area contributed by atoms with E-state index in [-0.39, 0.29) is 22.0 Å². The molecule has 7 heteroatoms. The third-order valence-electron chi connectivity index (χ3n) is 3.92. The number of hydrogen-bond donors (Lipinski definition) is 1. The van der Waals surface area contributed by atoms with Crippen molar-refractivity contribution in [1.29, 1.82) is 5.26 Å². The van der Waals surface area contributed by atoms with Gasteiger partial charge in [0.25, 0.3) is 0 Å². The molecule has 1 aromatic carbocycles. The maximum atomic E-state index is 13.0. The van der Waals surface area contributed by atoms with Crippen LogP contribution in [0.15, 0.2) is 23.1 Å². The first-order chi connectivity index (χ1) is 10.0. The highest BCUT2D eigenvalue weighted by atomic mass is 35.5. The molecule has 0 spiro atoms. The highest BCUT2D eigenvalue weighted by Crippen LogP contribution is 2.37. The predicted molar refractivity (Wildman–Crippen MR) is 79.5 cm³/mol. The van der Waals surface area contributed by atoms with Gasteiger partial charge in [-0.25, -0.2) is 8.42 Å². The number of nitrogens with one attached hydrogen (secondary N) is 1. The van der Waals surface area contributed by atoms with Crippen LogP contribution in [0.1, 0.15) is 24.8 Å². The highest BCUT2D eigenvalue weighted by molar-refractivity contribution is 7.89. The molecule has 0 aromatic heterocycles. The fraction of sp³-hybridized carbons (Fsp3) is 0.500. The topological polar surface area (TPSA) is 73.2 Å². The number of nitrogens with zero attached hydrogens (tertiary/aromatic N) is 2. The normalized spacial score (nSPS) is 22.4. The molecule has 2 fully saturated rings. The second kappa shape index (κ2) is 5.58. The van der Waals surface area contributed by atoms with E-state index < -0.39 is 10.0 Å². The van der Waals surface area contributed by atoms with E-state index in [0.717, 1.165) is 25.8 Å². The average Bonchev–Trinajstić information content (AvgIpc) is 3.12. The van der Waals surface area contributed by atoms with Gasteiger partial charge in [0.05, 0.1) is 16.7 Å². The summed E-state index contributed by atoms with van der Waals surface area (Å²) in [7, 11) is -3.62. The van der Waals surface area contributed by atoms with Crippen LogP contribution in [0.2, 0.25) is 5.02 Å². The van der Waals surface area contributed by atoms with Crippen molar-refractivity contribution < 1.29 is 8.42 Å². The van der Waals surface area contributed by atoms with Crippen molar-refractivity contribution in [3.8, 4) is 6.07 Å². The van der Waals surface area contributed by atoms with Crippen molar-refractivity contribution in [2.75, 3.05) is 13.1 Å². The summed E-state index contributed by atoms with van der Waals surface area (Å²) in [6.45, 7) is 1.52. The van der Waals surface area contributed by atoms with Gasteiger partial charge in [0, 0.05) is 18.6 Å². The van der Waals surface area contributed by atoms with Crippen LogP contribution in [-0.4, -0.2) is 37.9 Å². The minimum atomic E-state index is -3.62. The van der Waals surface area contributed by atoms with Gasteiger partial charge in [-0.1, -0.05) is 11.6 Å². The van der Waals surface area contributed by atoms with Crippen molar-refractivity contribution in [1.82, 2.24) is 9.62 Å². The summed E-state index contributed by atoms with van der Waals surface area (Å²) in [4.78, 5) is 0.0990. The summed E-state index contributed by atoms with van der Waals surface area (Å²) in [6.07, 6.45) is 2.64. The van der Waals surface area contributed by atoms with Gasteiger partial charge in [-0.2, -0.15) is 9.57 Å². The van der Waals surface area contributed by atoms with Crippen LogP contribution in [0.25, 0.3) is 0 Å². The second-order valence-corrected chi connectivity index (χ2v) is 7.69. The van der Waals surface area contributed by atoms with Gasteiger partial charge < -0.3 is 5.32 Å². The van der Waals surface area contributed by atoms with E-state index in [1.165, 1.54) is 18.2 Å². The molecule has 0 amide bonds. The molecule has 1 aliphatic heterocycles. The predicted octanol–water partition coefficient (Wildman–Crippen LogP) is 1.73. The molecular weight excluding hydrogens is 310 g/mol. The summed E-state index contributed by atoms with van der Waals surface area (Å²) < 4.78 is 27.5. The van der Waals surface area contributed by atoms with Crippen molar-refractivity contribution in [3.63, 3.8) is 0 Å². The first kappa shape index (κ1) is 14.8. The van der Waals surface area contributed by atoms with Gasteiger partial charge in [-0.05, 0) is 44.0 Å². The van der Waals surface area contributed by atoms with Crippen molar-refractivity contribution >= 4 is 21.6 Å². The molecule has 1 aliphatic carbocycles. The van der Waals surface area contributed by atoms with Gasteiger partial charge in [0.2, 0.25) is 10.0 Å². The van der Waals surface area contributed by atoms with Crippen LogP contribution < -0.4 is 5.32 Å². The van der Waals surface area contributed by atoms with E-state index in [1.807, 2.05) is 6.07 Å². The number of benzene rings is 1. The minimum absolute atomic E-state index is 0.00536. The second-order valence-electron chi connectivity index (χ2n) is 5.47. The highest BCUT2D eigenvalue weighted by Gasteiger charge is 2.43. The third kappa shape index (κ3) is 2.79. The first-order valence-corrected chi connectivity index (χ1v) is 8.80. The van der Waals surface area contributed by atoms with Crippen LogP contribution >= 0.6 is 11.6 Å². The van der Waals surface area contributed by atoms with Crippen LogP contribution in [0, 0.1) is 11.3 Å². The average molecular weight is 326 g/mol. The first-order valence-electron chi connectivity index (χ1n) is 6.98. The molecule has 112 valence electrons. The maximum Gasteiger partial charge on any atom is 0.245 e. The summed E-state index contributed by atoms with van der Waals surface area (Å²) in [5.74, 6) is 0. The molecule has 1 saturated carbocycles. The Hall–Kier alpha value is -1.13. The maximum absolute atomic E-state index is 13.0. The number of sulfonamides is 1. The molecule has 1 saturated heterocycles. The molecule has 1 aromatic rings. The lowest BCUT2D eigenvalue weighted by molar-refractivity contribution is 0.327. The number of nitriles is 1. The smallest absolute Gasteiger partial charge is 0.245 e. The van der Waals surface area contributed by atoms with E-state index in [1.54, 1.807) is 4.31 Å². The molecule has 1 atom stereocenters. The van der Waals surface area contributed by atoms with Crippen molar-refractivity contribution in [2.45, 2.75) is 36.2 Å². The van der Waals surface area contributed by atoms with Crippen LogP contribution in [-0.2, 0) is 10.0 Å². The van der Waals surface area contributed by atoms with Gasteiger partial charge in [-0.3, -0.25) is 0 Å². The van der Waals surface area contributed by atoms with Gasteiger partial charge in [0.1, 0.15) is 4.90 Å². The Balaban J connectivity index is 2.00. The summed E-state index contributed by atoms with van der Waals surface area (Å²) in [6, 6.07) is 6.39. The lowest BCUT2D eigenvalue weighted by atomic mass is 10.2. The third-order valence-corrected chi connectivity index (χ3v) is 6.41. The summed E-state index contributed by atoms with van der Waals surface area (Å²) >= 11 is 6.10. The van der Waals surface area contributed by atoms with Crippen molar-refractivity contribution in [3.05, 3.63) is 28.8 Å². The molecule has 5 nitrogen and oxygen atoms in total. The Labute approximate surface area is 129 Å². The van der Waals surface area contributed by atoms with Crippen LogP contribution in [0.4, 0.5) is 0 Å². The number of hydrogen-bond acceptors (Lipinski definition) is 4. The molecular formula is C14H16ClN3O2S. The molecule has 2 aliphatic rings. The molecule has 21 heavy (non-hydrogen) atoms. The Morgan fingerprint density at radius 3 is 2.57 bits per heavy atom. The van der Waals surface area contributed by atoms with Gasteiger partial charge >= 0.3 is 0 Å². The molecule has 1 unspecified atom stereocenters. The number of rotatable bonds is 4. The van der Waals surface area contributed by atoms with Crippen LogP contribution in [0.3, 0.4) is 0 Å². The molecule has 0 bridgehead atoms. The Bertz CT molecular complexity index is 689. The summed E-state index contributed by atoms with van der Waals surface area (Å²) in [5, 5.41) is 12.2. The molecule has 0 radical (unpaired) electrons. The zero-order chi connectivity index (χ0) is 15.0.